The van der Waals surface area contributed by atoms with Gasteiger partial charge in [0.15, 0.2) is 5.78 Å². The van der Waals surface area contributed by atoms with E-state index in [1.165, 1.54) is 5.56 Å². The van der Waals surface area contributed by atoms with Gasteiger partial charge in [-0.05, 0) is 30.2 Å². The van der Waals surface area contributed by atoms with E-state index in [1.54, 1.807) is 17.8 Å². The number of fused-ring (bicyclic) bond motifs is 1. The first kappa shape index (κ1) is 16.3. The minimum absolute atomic E-state index is 0.0325. The Bertz CT molecular complexity index is 788. The van der Waals surface area contributed by atoms with E-state index in [0.29, 0.717) is 18.1 Å². The number of rotatable bonds is 4. The maximum atomic E-state index is 12.5. The van der Waals surface area contributed by atoms with Crippen molar-refractivity contribution in [2.24, 2.45) is 0 Å². The van der Waals surface area contributed by atoms with Gasteiger partial charge in [-0.25, -0.2) is 0 Å². The Kier molecular flexibility index (Phi) is 4.79. The van der Waals surface area contributed by atoms with Crippen LogP contribution >= 0.6 is 11.8 Å². The van der Waals surface area contributed by atoms with Crippen molar-refractivity contribution in [1.82, 2.24) is 4.90 Å². The van der Waals surface area contributed by atoms with Gasteiger partial charge in [0.25, 0.3) is 0 Å². The third-order valence-electron chi connectivity index (χ3n) is 4.75. The van der Waals surface area contributed by atoms with Gasteiger partial charge >= 0.3 is 0 Å². The van der Waals surface area contributed by atoms with Gasteiger partial charge in [0.2, 0.25) is 0 Å². The van der Waals surface area contributed by atoms with Crippen LogP contribution in [0.25, 0.3) is 0 Å². The van der Waals surface area contributed by atoms with Crippen molar-refractivity contribution in [3.8, 4) is 5.75 Å². The molecule has 2 aromatic rings. The van der Waals surface area contributed by atoms with Gasteiger partial charge in [0.1, 0.15) is 5.75 Å². The molecule has 0 aromatic heterocycles. The molecule has 2 aliphatic heterocycles. The van der Waals surface area contributed by atoms with Crippen LogP contribution in [0.3, 0.4) is 0 Å². The predicted molar refractivity (Wildman–Crippen MR) is 102 cm³/mol. The van der Waals surface area contributed by atoms with Crippen LogP contribution in [0.15, 0.2) is 65.7 Å². The van der Waals surface area contributed by atoms with Crippen LogP contribution in [0.2, 0.25) is 0 Å². The molecule has 0 N–H and O–H groups in total. The number of hydrogen-bond acceptors (Lipinski definition) is 4. The Morgan fingerprint density at radius 1 is 1.20 bits per heavy atom. The lowest BCUT2D eigenvalue weighted by atomic mass is 9.99. The molecule has 1 fully saturated rings. The summed E-state index contributed by atoms with van der Waals surface area (Å²) in [4.78, 5) is 15.8. The molecule has 4 rings (SSSR count). The molecule has 0 radical (unpaired) electrons. The quantitative estimate of drug-likeness (QED) is 0.605. The van der Waals surface area contributed by atoms with Crippen molar-refractivity contribution in [1.29, 1.82) is 0 Å². The maximum absolute atomic E-state index is 12.5. The highest BCUT2D eigenvalue weighted by Gasteiger charge is 2.21. The van der Waals surface area contributed by atoms with Crippen LogP contribution in [0, 0.1) is 0 Å². The molecule has 2 heterocycles. The first-order chi connectivity index (χ1) is 12.3. The first-order valence-corrected chi connectivity index (χ1v) is 9.69. The fourth-order valence-electron chi connectivity index (χ4n) is 3.39. The number of carbonyl (C=O) groups is 1. The average molecular weight is 351 g/mol. The van der Waals surface area contributed by atoms with Crippen LogP contribution < -0.4 is 4.74 Å². The third-order valence-corrected chi connectivity index (χ3v) is 5.77. The summed E-state index contributed by atoms with van der Waals surface area (Å²) in [5.74, 6) is 2.39. The molecule has 4 heteroatoms. The maximum Gasteiger partial charge on any atom is 0.187 e. The summed E-state index contributed by atoms with van der Waals surface area (Å²) < 4.78 is 5.65. The van der Waals surface area contributed by atoms with Crippen LogP contribution in [0.1, 0.15) is 28.3 Å². The number of ketones is 1. The summed E-state index contributed by atoms with van der Waals surface area (Å²) >= 11 is 1.78. The fourth-order valence-corrected chi connectivity index (χ4v) is 4.20. The third kappa shape index (κ3) is 3.74. The number of allylic oxidation sites excluding steroid dienone is 1. The molecule has 25 heavy (non-hydrogen) atoms. The summed E-state index contributed by atoms with van der Waals surface area (Å²) in [7, 11) is 0. The second kappa shape index (κ2) is 7.36. The second-order valence-electron chi connectivity index (χ2n) is 6.43. The fraction of sp³-hybridized carbons (Fsp3) is 0.286. The van der Waals surface area contributed by atoms with E-state index in [-0.39, 0.29) is 5.78 Å². The summed E-state index contributed by atoms with van der Waals surface area (Å²) in [5, 5.41) is 0. The van der Waals surface area contributed by atoms with Crippen molar-refractivity contribution in [3.63, 3.8) is 0 Å². The molecule has 1 saturated heterocycles. The zero-order valence-corrected chi connectivity index (χ0v) is 14.9. The summed E-state index contributed by atoms with van der Waals surface area (Å²) in [6.45, 7) is 2.67. The highest BCUT2D eigenvalue weighted by Crippen LogP contribution is 2.34. The Morgan fingerprint density at radius 3 is 2.96 bits per heavy atom. The zero-order valence-electron chi connectivity index (χ0n) is 14.1. The Morgan fingerprint density at radius 2 is 2.08 bits per heavy atom. The van der Waals surface area contributed by atoms with E-state index >= 15 is 0 Å². The number of carbonyl (C=O) groups excluding carboxylic acids is 1. The van der Waals surface area contributed by atoms with Gasteiger partial charge in [-0.15, -0.1) is 11.8 Å². The Labute approximate surface area is 152 Å². The molecular formula is C21H21NO2S. The topological polar surface area (TPSA) is 29.5 Å². The van der Waals surface area contributed by atoms with Crippen LogP contribution in [0.5, 0.6) is 5.75 Å². The van der Waals surface area contributed by atoms with E-state index in [1.807, 2.05) is 24.4 Å². The molecule has 2 aromatic carbocycles. The van der Waals surface area contributed by atoms with E-state index in [9.17, 15) is 4.79 Å². The molecule has 2 aliphatic rings. The first-order valence-electron chi connectivity index (χ1n) is 8.71. The molecule has 128 valence electrons. The molecule has 3 nitrogen and oxygen atoms in total. The minimum atomic E-state index is 0.0325. The number of ether oxygens (including phenoxy) is 1. The van der Waals surface area contributed by atoms with E-state index in [2.05, 4.69) is 35.2 Å². The molecule has 0 bridgehead atoms. The van der Waals surface area contributed by atoms with Gasteiger partial charge in [-0.1, -0.05) is 30.3 Å². The number of nitrogens with zero attached hydrogens (tertiary/aromatic N) is 1. The molecule has 0 spiro atoms. The smallest absolute Gasteiger partial charge is 0.187 e. The Hall–Kier alpha value is -2.20. The second-order valence-corrected chi connectivity index (χ2v) is 7.57. The minimum Gasteiger partial charge on any atom is -0.492 e. The molecule has 1 atom stereocenters. The normalized spacial score (nSPS) is 19.7. The standard InChI is InChI=1S/C21H21NO2S/c23-19(17-6-7-21-20(14-17)24-12-13-25-21)9-11-22-10-8-18(15-22)16-4-2-1-3-5-16/h1-7,9,11,14,18H,8,10,12-13,15H2/b11-9+. The number of thioether (sulfide) groups is 1. The lowest BCUT2D eigenvalue weighted by Crippen LogP contribution is -2.13. The van der Waals surface area contributed by atoms with Crippen molar-refractivity contribution in [2.45, 2.75) is 17.2 Å². The van der Waals surface area contributed by atoms with Crippen molar-refractivity contribution in [3.05, 3.63) is 71.9 Å². The average Bonchev–Trinajstić information content (AvgIpc) is 3.15. The molecule has 1 unspecified atom stereocenters. The number of hydrogen-bond donors (Lipinski definition) is 0. The van der Waals surface area contributed by atoms with E-state index in [4.69, 9.17) is 4.74 Å². The van der Waals surface area contributed by atoms with Crippen LogP contribution in [0.4, 0.5) is 0 Å². The van der Waals surface area contributed by atoms with Crippen molar-refractivity contribution in [2.75, 3.05) is 25.4 Å². The van der Waals surface area contributed by atoms with Crippen molar-refractivity contribution < 1.29 is 9.53 Å². The van der Waals surface area contributed by atoms with E-state index < -0.39 is 0 Å². The Balaban J connectivity index is 1.39. The van der Waals surface area contributed by atoms with Crippen molar-refractivity contribution >= 4 is 17.5 Å². The molecule has 0 saturated carbocycles. The predicted octanol–water partition coefficient (Wildman–Crippen LogP) is 4.36. The largest absolute Gasteiger partial charge is 0.492 e. The van der Waals surface area contributed by atoms with Crippen LogP contribution in [-0.4, -0.2) is 36.1 Å². The summed E-state index contributed by atoms with van der Waals surface area (Å²) in [5.41, 5.74) is 2.07. The molecule has 0 amide bonds. The van der Waals surface area contributed by atoms with Gasteiger partial charge in [0, 0.05) is 47.5 Å². The zero-order chi connectivity index (χ0) is 17.1. The van der Waals surface area contributed by atoms with E-state index in [0.717, 1.165) is 35.9 Å². The lowest BCUT2D eigenvalue weighted by molar-refractivity contribution is 0.104. The highest BCUT2D eigenvalue weighted by molar-refractivity contribution is 7.99. The van der Waals surface area contributed by atoms with Gasteiger partial charge in [0.05, 0.1) is 6.61 Å². The number of likely N-dealkylation sites (tertiary alicyclic amines) is 1. The van der Waals surface area contributed by atoms with Gasteiger partial charge in [-0.2, -0.15) is 0 Å². The van der Waals surface area contributed by atoms with Gasteiger partial charge in [-0.3, -0.25) is 4.79 Å². The van der Waals surface area contributed by atoms with Crippen LogP contribution in [-0.2, 0) is 0 Å². The lowest BCUT2D eigenvalue weighted by Gasteiger charge is -2.17. The summed E-state index contributed by atoms with van der Waals surface area (Å²) in [6, 6.07) is 16.4. The molecular weight excluding hydrogens is 330 g/mol. The van der Waals surface area contributed by atoms with Gasteiger partial charge < -0.3 is 9.64 Å². The number of benzene rings is 2. The monoisotopic (exact) mass is 351 g/mol. The SMILES string of the molecule is O=C(/C=C/N1CCC(c2ccccc2)C1)c1ccc2c(c1)OCCS2. The molecule has 0 aliphatic carbocycles. The highest BCUT2D eigenvalue weighted by atomic mass is 32.2. The summed E-state index contributed by atoms with van der Waals surface area (Å²) in [6.07, 6.45) is 4.76.